The Kier molecular flexibility index (Phi) is 4.23. The normalized spacial score (nSPS) is 17.6. The van der Waals surface area contributed by atoms with Crippen LogP contribution in [0.4, 0.5) is 5.69 Å². The third-order valence-corrected chi connectivity index (χ3v) is 5.31. The Morgan fingerprint density at radius 1 is 1.20 bits per heavy atom. The summed E-state index contributed by atoms with van der Waals surface area (Å²) in [6.07, 6.45) is 3.96. The summed E-state index contributed by atoms with van der Waals surface area (Å²) in [5, 5.41) is 4.55. The molecule has 2 heterocycles. The maximum Gasteiger partial charge on any atom is 0.264 e. The molecule has 3 aromatic rings. The van der Waals surface area contributed by atoms with Crippen molar-refractivity contribution < 1.29 is 4.79 Å². The Morgan fingerprint density at radius 3 is 2.88 bits per heavy atom. The van der Waals surface area contributed by atoms with Crippen LogP contribution in [0, 0.1) is 0 Å². The number of aliphatic imine (C=N–C) groups is 1. The molecule has 124 valence electrons. The lowest BCUT2D eigenvalue weighted by atomic mass is 10.1. The summed E-state index contributed by atoms with van der Waals surface area (Å²) in [6.45, 7) is 0. The van der Waals surface area contributed by atoms with Gasteiger partial charge in [0.2, 0.25) is 0 Å². The zero-order valence-electron chi connectivity index (χ0n) is 13.4. The van der Waals surface area contributed by atoms with Crippen molar-refractivity contribution in [2.24, 2.45) is 12.0 Å². The van der Waals surface area contributed by atoms with Gasteiger partial charge >= 0.3 is 0 Å². The maximum absolute atomic E-state index is 12.3. The van der Waals surface area contributed by atoms with Crippen LogP contribution in [0.3, 0.4) is 0 Å². The highest BCUT2D eigenvalue weighted by molar-refractivity contribution is 9.10. The Bertz CT molecular complexity index is 1050. The van der Waals surface area contributed by atoms with E-state index in [0.29, 0.717) is 10.1 Å². The number of nitrogens with zero attached hydrogens (tertiary/aromatic N) is 2. The lowest BCUT2D eigenvalue weighted by Crippen LogP contribution is -2.19. The summed E-state index contributed by atoms with van der Waals surface area (Å²) in [4.78, 5) is 17.4. The van der Waals surface area contributed by atoms with Crippen LogP contribution in [0.25, 0.3) is 17.0 Å². The van der Waals surface area contributed by atoms with Crippen LogP contribution in [0.2, 0.25) is 0 Å². The van der Waals surface area contributed by atoms with Crippen molar-refractivity contribution >= 4 is 61.4 Å². The van der Waals surface area contributed by atoms with E-state index >= 15 is 0 Å². The fraction of sp³-hybridized carbons (Fsp3) is 0.0526. The van der Waals surface area contributed by atoms with Crippen molar-refractivity contribution in [1.29, 1.82) is 0 Å². The second-order valence-corrected chi connectivity index (χ2v) is 7.62. The first-order chi connectivity index (χ1) is 12.1. The van der Waals surface area contributed by atoms with Gasteiger partial charge in [-0.25, -0.2) is 4.99 Å². The quantitative estimate of drug-likeness (QED) is 0.613. The average molecular weight is 412 g/mol. The van der Waals surface area contributed by atoms with Gasteiger partial charge < -0.3 is 9.88 Å². The number of rotatable bonds is 2. The first-order valence-electron chi connectivity index (χ1n) is 7.69. The second-order valence-electron chi connectivity index (χ2n) is 5.67. The summed E-state index contributed by atoms with van der Waals surface area (Å²) in [6, 6.07) is 15.8. The molecule has 2 aromatic carbocycles. The highest BCUT2D eigenvalue weighted by atomic mass is 79.9. The minimum atomic E-state index is -0.119. The van der Waals surface area contributed by atoms with Crippen molar-refractivity contribution in [3.8, 4) is 0 Å². The third-order valence-electron chi connectivity index (χ3n) is 3.90. The largest absolute Gasteiger partial charge is 0.350 e. The van der Waals surface area contributed by atoms with Gasteiger partial charge in [0.25, 0.3) is 5.91 Å². The van der Waals surface area contributed by atoms with E-state index in [1.165, 1.54) is 11.8 Å². The Morgan fingerprint density at radius 2 is 2.04 bits per heavy atom. The standard InChI is InChI=1S/C19H14BrN3OS/c1-23-11-12(15-7-2-3-8-16(15)23)9-17-18(24)22-19(25-17)21-14-6-4-5-13(20)10-14/h2-11H,1H3,(H,21,22,24)/b17-9-. The van der Waals surface area contributed by atoms with Gasteiger partial charge in [-0.15, -0.1) is 0 Å². The monoisotopic (exact) mass is 411 g/mol. The van der Waals surface area contributed by atoms with Gasteiger partial charge in [-0.2, -0.15) is 0 Å². The van der Waals surface area contributed by atoms with Gasteiger partial charge in [-0.3, -0.25) is 4.79 Å². The van der Waals surface area contributed by atoms with Crippen LogP contribution in [-0.2, 0) is 11.8 Å². The molecule has 0 atom stereocenters. The molecular weight excluding hydrogens is 398 g/mol. The fourth-order valence-corrected chi connectivity index (χ4v) is 3.99. The van der Waals surface area contributed by atoms with Crippen molar-refractivity contribution in [1.82, 2.24) is 9.88 Å². The molecule has 0 bridgehead atoms. The van der Waals surface area contributed by atoms with Gasteiger partial charge in [0.05, 0.1) is 10.6 Å². The van der Waals surface area contributed by atoms with Crippen molar-refractivity contribution in [2.45, 2.75) is 0 Å². The minimum Gasteiger partial charge on any atom is -0.350 e. The number of aromatic nitrogens is 1. The number of aryl methyl sites for hydroxylation is 1. The van der Waals surface area contributed by atoms with Gasteiger partial charge in [-0.05, 0) is 42.1 Å². The first-order valence-corrected chi connectivity index (χ1v) is 9.30. The Balaban J connectivity index is 1.67. The molecule has 1 aliphatic rings. The number of para-hydroxylation sites is 1. The summed E-state index contributed by atoms with van der Waals surface area (Å²) in [5.74, 6) is -0.119. The van der Waals surface area contributed by atoms with E-state index in [1.54, 1.807) is 0 Å². The van der Waals surface area contributed by atoms with Crippen LogP contribution >= 0.6 is 27.7 Å². The number of thioether (sulfide) groups is 1. The highest BCUT2D eigenvalue weighted by Gasteiger charge is 2.24. The maximum atomic E-state index is 12.3. The zero-order valence-corrected chi connectivity index (χ0v) is 15.8. The second kappa shape index (κ2) is 6.54. The van der Waals surface area contributed by atoms with E-state index in [4.69, 9.17) is 0 Å². The average Bonchev–Trinajstić information content (AvgIpc) is 3.09. The molecule has 0 radical (unpaired) electrons. The predicted octanol–water partition coefficient (Wildman–Crippen LogP) is 4.83. The summed E-state index contributed by atoms with van der Waals surface area (Å²) >= 11 is 4.79. The molecular formula is C19H14BrN3OS. The summed E-state index contributed by atoms with van der Waals surface area (Å²) < 4.78 is 3.02. The van der Waals surface area contributed by atoms with Crippen molar-refractivity contribution in [3.05, 3.63) is 69.7 Å². The molecule has 1 saturated heterocycles. The summed E-state index contributed by atoms with van der Waals surface area (Å²) in [5.41, 5.74) is 2.96. The predicted molar refractivity (Wildman–Crippen MR) is 108 cm³/mol. The topological polar surface area (TPSA) is 46.4 Å². The molecule has 4 rings (SSSR count). The number of halogens is 1. The molecule has 1 aromatic heterocycles. The molecule has 1 fully saturated rings. The van der Waals surface area contributed by atoms with Crippen molar-refractivity contribution in [3.63, 3.8) is 0 Å². The number of amides is 1. The molecule has 0 aliphatic carbocycles. The number of benzene rings is 2. The number of nitrogens with one attached hydrogen (secondary N) is 1. The van der Waals surface area contributed by atoms with Gasteiger partial charge in [0.15, 0.2) is 5.17 Å². The molecule has 0 spiro atoms. The molecule has 4 nitrogen and oxygen atoms in total. The lowest BCUT2D eigenvalue weighted by Gasteiger charge is -1.96. The molecule has 6 heteroatoms. The molecule has 0 unspecified atom stereocenters. The van der Waals surface area contributed by atoms with E-state index < -0.39 is 0 Å². The van der Waals surface area contributed by atoms with E-state index in [0.717, 1.165) is 26.6 Å². The number of carbonyl (C=O) groups is 1. The van der Waals surface area contributed by atoms with Crippen LogP contribution in [-0.4, -0.2) is 15.6 Å². The lowest BCUT2D eigenvalue weighted by molar-refractivity contribution is -0.115. The SMILES string of the molecule is Cn1cc(/C=C2\SC(=Nc3cccc(Br)c3)NC2=O)c2ccccc21. The number of amidine groups is 1. The number of hydrogen-bond donors (Lipinski definition) is 1. The number of fused-ring (bicyclic) bond motifs is 1. The molecule has 0 saturated carbocycles. The Hall–Kier alpha value is -2.31. The smallest absolute Gasteiger partial charge is 0.264 e. The zero-order chi connectivity index (χ0) is 17.4. The van der Waals surface area contributed by atoms with E-state index in [-0.39, 0.29) is 5.91 Å². The van der Waals surface area contributed by atoms with Gasteiger partial charge in [0.1, 0.15) is 0 Å². The first kappa shape index (κ1) is 16.2. The van der Waals surface area contributed by atoms with Crippen LogP contribution in [0.15, 0.2) is 69.1 Å². The van der Waals surface area contributed by atoms with Gasteiger partial charge in [0, 0.05) is 34.2 Å². The Labute approximate surface area is 157 Å². The molecule has 1 amide bonds. The fourth-order valence-electron chi connectivity index (χ4n) is 2.77. The van der Waals surface area contributed by atoms with Gasteiger partial charge in [-0.1, -0.05) is 40.2 Å². The van der Waals surface area contributed by atoms with E-state index in [9.17, 15) is 4.79 Å². The molecule has 25 heavy (non-hydrogen) atoms. The minimum absolute atomic E-state index is 0.119. The molecule has 1 aliphatic heterocycles. The summed E-state index contributed by atoms with van der Waals surface area (Å²) in [7, 11) is 2.01. The number of carbonyl (C=O) groups excluding carboxylic acids is 1. The van der Waals surface area contributed by atoms with Crippen LogP contribution in [0.5, 0.6) is 0 Å². The van der Waals surface area contributed by atoms with Crippen LogP contribution < -0.4 is 5.32 Å². The van der Waals surface area contributed by atoms with E-state index in [2.05, 4.69) is 42.9 Å². The highest BCUT2D eigenvalue weighted by Crippen LogP contribution is 2.31. The third kappa shape index (κ3) is 3.27. The molecule has 1 N–H and O–H groups in total. The van der Waals surface area contributed by atoms with Crippen LogP contribution in [0.1, 0.15) is 5.56 Å². The number of hydrogen-bond acceptors (Lipinski definition) is 3. The van der Waals surface area contributed by atoms with Crippen molar-refractivity contribution in [2.75, 3.05) is 0 Å². The van der Waals surface area contributed by atoms with E-state index in [1.807, 2.05) is 55.7 Å².